The fourth-order valence-electron chi connectivity index (χ4n) is 3.11. The highest BCUT2D eigenvalue weighted by Crippen LogP contribution is 2.29. The van der Waals surface area contributed by atoms with Crippen molar-refractivity contribution in [1.82, 2.24) is 10.6 Å². The van der Waals surface area contributed by atoms with Crippen molar-refractivity contribution < 1.29 is 9.90 Å². The molecule has 1 amide bonds. The van der Waals surface area contributed by atoms with E-state index >= 15 is 0 Å². The topological polar surface area (TPSA) is 61.4 Å². The van der Waals surface area contributed by atoms with Crippen LogP contribution in [0.2, 0.25) is 0 Å². The van der Waals surface area contributed by atoms with Crippen LogP contribution in [0.15, 0.2) is 0 Å². The highest BCUT2D eigenvalue weighted by Gasteiger charge is 2.34. The summed E-state index contributed by atoms with van der Waals surface area (Å²) < 4.78 is 0. The van der Waals surface area contributed by atoms with E-state index in [-0.39, 0.29) is 24.1 Å². The standard InChI is InChI=1S/C13H24N2O2/c16-10-13(6-2-1-3-7-13)15-11-5-4-8-14-12(17)9-11/h11,15-16H,1-10H2,(H,14,17). The number of aliphatic hydroxyl groups excluding tert-OH is 1. The van der Waals surface area contributed by atoms with Gasteiger partial charge in [0.15, 0.2) is 0 Å². The summed E-state index contributed by atoms with van der Waals surface area (Å²) in [7, 11) is 0. The van der Waals surface area contributed by atoms with Crippen LogP contribution in [-0.2, 0) is 4.79 Å². The van der Waals surface area contributed by atoms with Crippen LogP contribution < -0.4 is 10.6 Å². The minimum Gasteiger partial charge on any atom is -0.394 e. The van der Waals surface area contributed by atoms with E-state index in [1.807, 2.05) is 0 Å². The average Bonchev–Trinajstić information content (AvgIpc) is 2.55. The number of aliphatic hydroxyl groups is 1. The van der Waals surface area contributed by atoms with E-state index in [2.05, 4.69) is 10.6 Å². The van der Waals surface area contributed by atoms with Crippen LogP contribution in [0.25, 0.3) is 0 Å². The lowest BCUT2D eigenvalue weighted by molar-refractivity contribution is -0.121. The predicted octanol–water partition coefficient (Wildman–Crippen LogP) is 0.940. The monoisotopic (exact) mass is 240 g/mol. The number of carbonyl (C=O) groups excluding carboxylic acids is 1. The summed E-state index contributed by atoms with van der Waals surface area (Å²) in [5, 5.41) is 16.1. The van der Waals surface area contributed by atoms with Gasteiger partial charge in [0.05, 0.1) is 6.61 Å². The number of hydrogen-bond donors (Lipinski definition) is 3. The Kier molecular flexibility index (Phi) is 4.40. The first-order valence-electron chi connectivity index (χ1n) is 6.89. The minimum atomic E-state index is -0.118. The van der Waals surface area contributed by atoms with Crippen LogP contribution in [0, 0.1) is 0 Å². The van der Waals surface area contributed by atoms with E-state index in [0.717, 1.165) is 32.2 Å². The van der Waals surface area contributed by atoms with Gasteiger partial charge in [-0.2, -0.15) is 0 Å². The normalized spacial score (nSPS) is 29.5. The molecular weight excluding hydrogens is 216 g/mol. The van der Waals surface area contributed by atoms with Crippen LogP contribution in [0.1, 0.15) is 51.4 Å². The van der Waals surface area contributed by atoms with Gasteiger partial charge in [-0.25, -0.2) is 0 Å². The molecular formula is C13H24N2O2. The molecule has 4 nitrogen and oxygen atoms in total. The molecule has 17 heavy (non-hydrogen) atoms. The second kappa shape index (κ2) is 5.83. The largest absolute Gasteiger partial charge is 0.394 e. The second-order valence-corrected chi connectivity index (χ2v) is 5.54. The van der Waals surface area contributed by atoms with E-state index in [4.69, 9.17) is 0 Å². The molecule has 2 rings (SSSR count). The third-order valence-corrected chi connectivity index (χ3v) is 4.11. The molecule has 0 aromatic carbocycles. The van der Waals surface area contributed by atoms with E-state index in [9.17, 15) is 9.90 Å². The molecule has 0 aromatic rings. The van der Waals surface area contributed by atoms with E-state index < -0.39 is 0 Å². The lowest BCUT2D eigenvalue weighted by Crippen LogP contribution is -2.54. The summed E-state index contributed by atoms with van der Waals surface area (Å²) in [5.74, 6) is 0.142. The molecule has 3 N–H and O–H groups in total. The predicted molar refractivity (Wildman–Crippen MR) is 66.7 cm³/mol. The van der Waals surface area contributed by atoms with Crippen molar-refractivity contribution in [2.24, 2.45) is 0 Å². The Morgan fingerprint density at radius 3 is 2.76 bits per heavy atom. The first kappa shape index (κ1) is 12.8. The third-order valence-electron chi connectivity index (χ3n) is 4.11. The van der Waals surface area contributed by atoms with Crippen molar-refractivity contribution >= 4 is 5.91 Å². The van der Waals surface area contributed by atoms with Crippen LogP contribution in [0.4, 0.5) is 0 Å². The van der Waals surface area contributed by atoms with Crippen molar-refractivity contribution in [2.45, 2.75) is 62.9 Å². The minimum absolute atomic E-state index is 0.118. The van der Waals surface area contributed by atoms with Gasteiger partial charge in [-0.05, 0) is 25.7 Å². The van der Waals surface area contributed by atoms with Crippen LogP contribution in [-0.4, -0.2) is 35.7 Å². The van der Waals surface area contributed by atoms with Gasteiger partial charge in [-0.1, -0.05) is 19.3 Å². The first-order valence-corrected chi connectivity index (χ1v) is 6.89. The number of rotatable bonds is 3. The zero-order chi connectivity index (χ0) is 12.1. The number of amides is 1. The summed E-state index contributed by atoms with van der Waals surface area (Å²) in [6, 6.07) is 0.239. The molecule has 1 saturated heterocycles. The number of nitrogens with one attached hydrogen (secondary N) is 2. The molecule has 1 atom stereocenters. The van der Waals surface area contributed by atoms with Gasteiger partial charge >= 0.3 is 0 Å². The van der Waals surface area contributed by atoms with Crippen LogP contribution in [0.3, 0.4) is 0 Å². The third kappa shape index (κ3) is 3.42. The van der Waals surface area contributed by atoms with E-state index in [0.29, 0.717) is 6.42 Å². The van der Waals surface area contributed by atoms with Gasteiger partial charge in [-0.3, -0.25) is 4.79 Å². The molecule has 1 saturated carbocycles. The maximum Gasteiger partial charge on any atom is 0.221 e. The Bertz CT molecular complexity index is 262. The second-order valence-electron chi connectivity index (χ2n) is 5.54. The molecule has 1 aliphatic carbocycles. The van der Waals surface area contributed by atoms with Gasteiger partial charge < -0.3 is 15.7 Å². The van der Waals surface area contributed by atoms with Crippen molar-refractivity contribution in [1.29, 1.82) is 0 Å². The maximum absolute atomic E-state index is 11.5. The van der Waals surface area contributed by atoms with Crippen LogP contribution in [0.5, 0.6) is 0 Å². The lowest BCUT2D eigenvalue weighted by Gasteiger charge is -2.39. The fraction of sp³-hybridized carbons (Fsp3) is 0.923. The molecule has 2 aliphatic rings. The molecule has 4 heteroatoms. The molecule has 0 aromatic heterocycles. The quantitative estimate of drug-likeness (QED) is 0.688. The van der Waals surface area contributed by atoms with Crippen LogP contribution >= 0.6 is 0 Å². The molecule has 1 unspecified atom stereocenters. The Balaban J connectivity index is 1.94. The highest BCUT2D eigenvalue weighted by atomic mass is 16.3. The number of hydrogen-bond acceptors (Lipinski definition) is 3. The smallest absolute Gasteiger partial charge is 0.221 e. The molecule has 98 valence electrons. The van der Waals surface area contributed by atoms with Crippen molar-refractivity contribution in [3.05, 3.63) is 0 Å². The summed E-state index contributed by atoms with van der Waals surface area (Å²) in [5.41, 5.74) is -0.118. The number of carbonyl (C=O) groups is 1. The Labute approximate surface area is 103 Å². The summed E-state index contributed by atoms with van der Waals surface area (Å²) in [6.07, 6.45) is 8.35. The Morgan fingerprint density at radius 1 is 1.29 bits per heavy atom. The van der Waals surface area contributed by atoms with Gasteiger partial charge in [0.2, 0.25) is 5.91 Å². The SMILES string of the molecule is O=C1CC(NC2(CO)CCCCC2)CCCN1. The van der Waals surface area contributed by atoms with Gasteiger partial charge in [-0.15, -0.1) is 0 Å². The summed E-state index contributed by atoms with van der Waals surface area (Å²) in [6.45, 7) is 0.994. The van der Waals surface area contributed by atoms with Crippen molar-refractivity contribution in [3.8, 4) is 0 Å². The molecule has 2 fully saturated rings. The Morgan fingerprint density at radius 2 is 2.06 bits per heavy atom. The molecule has 1 heterocycles. The van der Waals surface area contributed by atoms with Gasteiger partial charge in [0, 0.05) is 24.5 Å². The van der Waals surface area contributed by atoms with Crippen molar-refractivity contribution in [3.63, 3.8) is 0 Å². The Hall–Kier alpha value is -0.610. The maximum atomic E-state index is 11.5. The van der Waals surface area contributed by atoms with E-state index in [1.54, 1.807) is 0 Å². The summed E-state index contributed by atoms with van der Waals surface area (Å²) >= 11 is 0. The fourth-order valence-corrected chi connectivity index (χ4v) is 3.11. The average molecular weight is 240 g/mol. The molecule has 0 bridgehead atoms. The van der Waals surface area contributed by atoms with E-state index in [1.165, 1.54) is 19.3 Å². The van der Waals surface area contributed by atoms with Gasteiger partial charge in [0.1, 0.15) is 0 Å². The zero-order valence-electron chi connectivity index (χ0n) is 10.5. The highest BCUT2D eigenvalue weighted by molar-refractivity contribution is 5.76. The lowest BCUT2D eigenvalue weighted by atomic mass is 9.81. The zero-order valence-corrected chi connectivity index (χ0v) is 10.5. The summed E-state index contributed by atoms with van der Waals surface area (Å²) in [4.78, 5) is 11.5. The van der Waals surface area contributed by atoms with Crippen molar-refractivity contribution in [2.75, 3.05) is 13.2 Å². The first-order chi connectivity index (χ1) is 8.24. The molecule has 0 radical (unpaired) electrons. The molecule has 0 spiro atoms. The van der Waals surface area contributed by atoms with Gasteiger partial charge in [0.25, 0.3) is 0 Å². The molecule has 1 aliphatic heterocycles.